The highest BCUT2D eigenvalue weighted by Gasteiger charge is 2.35. The smallest absolute Gasteiger partial charge is 0.397 e. The number of hydrogen-bond donors (Lipinski definition) is 2. The predicted molar refractivity (Wildman–Crippen MR) is 157 cm³/mol. The third kappa shape index (κ3) is 8.18. The quantitative estimate of drug-likeness (QED) is 0.226. The summed E-state index contributed by atoms with van der Waals surface area (Å²) in [7, 11) is 1.99. The zero-order valence-corrected chi connectivity index (χ0v) is 24.8. The van der Waals surface area contributed by atoms with Crippen LogP contribution in [0.4, 0.5) is 14.5 Å². The number of allylic oxidation sites excluding steroid dienone is 5. The predicted octanol–water partition coefficient (Wildman–Crippen LogP) is 7.30. The molecule has 1 fully saturated rings. The summed E-state index contributed by atoms with van der Waals surface area (Å²) in [6.07, 6.45) is 7.14. The molecule has 1 atom stereocenters. The van der Waals surface area contributed by atoms with Crippen molar-refractivity contribution in [1.29, 1.82) is 0 Å². The van der Waals surface area contributed by atoms with Crippen LogP contribution in [-0.2, 0) is 0 Å². The standard InChI is InChI=1S/C32H48F2N2O3/c1-8-14-27(23(10-3)11-4)31(29(15-9-2)36-20-24(21-36)30(38)22-37)28(12-5)35(7)25-16-18-26(19-17-25)39-32(33,34)13-6/h9,12,14-19,23-24,30,37-38H,8,10-11,13,20-22H2,1-7H3/b15-9-,27-14+,28-12-,31-29+. The van der Waals surface area contributed by atoms with Gasteiger partial charge in [0.1, 0.15) is 5.75 Å². The molecular weight excluding hydrogens is 498 g/mol. The van der Waals surface area contributed by atoms with Crippen LogP contribution in [0.3, 0.4) is 0 Å². The Morgan fingerprint density at radius 3 is 2.21 bits per heavy atom. The van der Waals surface area contributed by atoms with Crippen LogP contribution < -0.4 is 9.64 Å². The van der Waals surface area contributed by atoms with Gasteiger partial charge >= 0.3 is 6.11 Å². The Labute approximate surface area is 234 Å². The van der Waals surface area contributed by atoms with Crippen molar-refractivity contribution in [1.82, 2.24) is 4.90 Å². The first-order chi connectivity index (χ1) is 18.6. The van der Waals surface area contributed by atoms with E-state index in [4.69, 9.17) is 4.74 Å². The van der Waals surface area contributed by atoms with Gasteiger partial charge in [0.2, 0.25) is 0 Å². The molecular formula is C32H48F2N2O3. The number of aliphatic hydroxyl groups excluding tert-OH is 2. The number of hydrogen-bond acceptors (Lipinski definition) is 5. The summed E-state index contributed by atoms with van der Waals surface area (Å²) in [5.74, 6) is 0.503. The average molecular weight is 547 g/mol. The number of nitrogens with zero attached hydrogens (tertiary/aromatic N) is 2. The molecule has 39 heavy (non-hydrogen) atoms. The molecule has 0 amide bonds. The maximum Gasteiger partial charge on any atom is 0.397 e. The van der Waals surface area contributed by atoms with E-state index in [2.05, 4.69) is 48.8 Å². The normalized spacial score (nSPS) is 17.0. The molecule has 2 rings (SSSR count). The summed E-state index contributed by atoms with van der Waals surface area (Å²) in [4.78, 5) is 4.36. The summed E-state index contributed by atoms with van der Waals surface area (Å²) in [6.45, 7) is 13.1. The lowest BCUT2D eigenvalue weighted by molar-refractivity contribution is -0.177. The molecule has 2 N–H and O–H groups in total. The van der Waals surface area contributed by atoms with E-state index in [9.17, 15) is 19.0 Å². The summed E-state index contributed by atoms with van der Waals surface area (Å²) in [6, 6.07) is 6.77. The van der Waals surface area contributed by atoms with Crippen LogP contribution in [0.5, 0.6) is 5.75 Å². The number of benzene rings is 1. The van der Waals surface area contributed by atoms with Crippen LogP contribution in [0.2, 0.25) is 0 Å². The fourth-order valence-corrected chi connectivity index (χ4v) is 5.08. The van der Waals surface area contributed by atoms with E-state index < -0.39 is 18.6 Å². The van der Waals surface area contributed by atoms with E-state index >= 15 is 0 Å². The summed E-state index contributed by atoms with van der Waals surface area (Å²) in [5, 5.41) is 19.7. The molecule has 0 saturated carbocycles. The van der Waals surface area contributed by atoms with Crippen molar-refractivity contribution in [2.24, 2.45) is 11.8 Å². The molecule has 1 aliphatic rings. The number of alkyl halides is 2. The molecule has 0 spiro atoms. The van der Waals surface area contributed by atoms with E-state index in [1.54, 1.807) is 24.3 Å². The second-order valence-electron chi connectivity index (χ2n) is 10.1. The molecule has 1 aliphatic heterocycles. The molecule has 1 unspecified atom stereocenters. The van der Waals surface area contributed by atoms with Crippen molar-refractivity contribution in [3.05, 3.63) is 71.1 Å². The first kappa shape index (κ1) is 32.6. The number of likely N-dealkylation sites (N-methyl/N-ethyl adjacent to an activating group) is 1. The minimum absolute atomic E-state index is 0.0174. The lowest BCUT2D eigenvalue weighted by Gasteiger charge is -2.45. The van der Waals surface area contributed by atoms with Gasteiger partial charge in [-0.15, -0.1) is 0 Å². The number of likely N-dealkylation sites (tertiary alicyclic amines) is 1. The van der Waals surface area contributed by atoms with Crippen LogP contribution in [0.25, 0.3) is 0 Å². The molecule has 0 radical (unpaired) electrons. The monoisotopic (exact) mass is 546 g/mol. The number of ether oxygens (including phenoxy) is 1. The van der Waals surface area contributed by atoms with Gasteiger partial charge in [-0.2, -0.15) is 8.78 Å². The van der Waals surface area contributed by atoms with Gasteiger partial charge in [-0.25, -0.2) is 0 Å². The molecule has 218 valence electrons. The Morgan fingerprint density at radius 1 is 1.13 bits per heavy atom. The van der Waals surface area contributed by atoms with Crippen molar-refractivity contribution in [3.63, 3.8) is 0 Å². The van der Waals surface area contributed by atoms with Gasteiger partial charge in [-0.1, -0.05) is 45.9 Å². The highest BCUT2D eigenvalue weighted by atomic mass is 19.3. The molecule has 7 heteroatoms. The third-order valence-electron chi connectivity index (χ3n) is 7.49. The highest BCUT2D eigenvalue weighted by Crippen LogP contribution is 2.39. The van der Waals surface area contributed by atoms with Crippen molar-refractivity contribution in [3.8, 4) is 5.75 Å². The number of anilines is 1. The minimum Gasteiger partial charge on any atom is -0.433 e. The van der Waals surface area contributed by atoms with E-state index in [0.717, 1.165) is 41.9 Å². The zero-order valence-electron chi connectivity index (χ0n) is 24.8. The van der Waals surface area contributed by atoms with Crippen LogP contribution in [0, 0.1) is 11.8 Å². The first-order valence-electron chi connectivity index (χ1n) is 14.3. The highest BCUT2D eigenvalue weighted by molar-refractivity contribution is 5.63. The maximum atomic E-state index is 13.8. The van der Waals surface area contributed by atoms with E-state index in [-0.39, 0.29) is 18.3 Å². The molecule has 1 aromatic carbocycles. The lowest BCUT2D eigenvalue weighted by Crippen LogP contribution is -2.52. The summed E-state index contributed by atoms with van der Waals surface area (Å²) < 4.78 is 32.4. The van der Waals surface area contributed by atoms with Crippen molar-refractivity contribution < 1.29 is 23.7 Å². The van der Waals surface area contributed by atoms with Gasteiger partial charge in [0, 0.05) is 55.1 Å². The van der Waals surface area contributed by atoms with Crippen molar-refractivity contribution in [2.45, 2.75) is 79.4 Å². The molecule has 1 aromatic rings. The molecule has 0 aromatic heterocycles. The third-order valence-corrected chi connectivity index (χ3v) is 7.49. The van der Waals surface area contributed by atoms with Gasteiger partial charge in [-0.05, 0) is 74.9 Å². The fourth-order valence-electron chi connectivity index (χ4n) is 5.08. The summed E-state index contributed by atoms with van der Waals surface area (Å²) >= 11 is 0. The topological polar surface area (TPSA) is 56.2 Å². The largest absolute Gasteiger partial charge is 0.433 e. The molecule has 1 saturated heterocycles. The Hall–Kier alpha value is -2.64. The van der Waals surface area contributed by atoms with Gasteiger partial charge in [0.05, 0.1) is 12.7 Å². The van der Waals surface area contributed by atoms with Gasteiger partial charge in [0.15, 0.2) is 0 Å². The van der Waals surface area contributed by atoms with Crippen molar-refractivity contribution in [2.75, 3.05) is 31.6 Å². The van der Waals surface area contributed by atoms with Crippen LogP contribution in [-0.4, -0.2) is 54.1 Å². The Kier molecular flexibility index (Phi) is 12.7. The van der Waals surface area contributed by atoms with Crippen LogP contribution in [0.1, 0.15) is 67.2 Å². The molecule has 1 heterocycles. The number of rotatable bonds is 15. The van der Waals surface area contributed by atoms with E-state index in [0.29, 0.717) is 19.0 Å². The van der Waals surface area contributed by atoms with E-state index in [1.165, 1.54) is 12.5 Å². The first-order valence-corrected chi connectivity index (χ1v) is 14.3. The molecule has 0 bridgehead atoms. The zero-order chi connectivity index (χ0) is 29.2. The SMILES string of the molecule is C\C=C/C(=C(C(=C\C)\N(C)c1ccc(OC(F)(F)CC)cc1)/C(=C/CC)C(CC)CC)N1CC(C(O)CO)C1. The Balaban J connectivity index is 2.63. The maximum absolute atomic E-state index is 13.8. The minimum atomic E-state index is -3.20. The fraction of sp³-hybridized carbons (Fsp3) is 0.562. The second kappa shape index (κ2) is 15.2. The lowest BCUT2D eigenvalue weighted by atomic mass is 9.83. The van der Waals surface area contributed by atoms with Crippen LogP contribution in [0.15, 0.2) is 71.1 Å². The Bertz CT molecular complexity index is 1020. The molecule has 5 nitrogen and oxygen atoms in total. The van der Waals surface area contributed by atoms with Gasteiger partial charge < -0.3 is 24.7 Å². The second-order valence-corrected chi connectivity index (χ2v) is 10.1. The van der Waals surface area contributed by atoms with Crippen molar-refractivity contribution >= 4 is 5.69 Å². The Morgan fingerprint density at radius 2 is 1.74 bits per heavy atom. The molecule has 0 aliphatic carbocycles. The van der Waals surface area contributed by atoms with Gasteiger partial charge in [-0.3, -0.25) is 0 Å². The summed E-state index contributed by atoms with van der Waals surface area (Å²) in [5.41, 5.74) is 5.35. The number of aliphatic hydroxyl groups is 2. The van der Waals surface area contributed by atoms with Gasteiger partial charge in [0.25, 0.3) is 0 Å². The van der Waals surface area contributed by atoms with Crippen LogP contribution >= 0.6 is 0 Å². The average Bonchev–Trinajstić information content (AvgIpc) is 2.90. The number of halogens is 2. The van der Waals surface area contributed by atoms with E-state index in [1.807, 2.05) is 27.0 Å².